The Labute approximate surface area is 116 Å². The Kier molecular flexibility index (Phi) is 4.49. The van der Waals surface area contributed by atoms with Crippen molar-refractivity contribution in [2.24, 2.45) is 0 Å². The van der Waals surface area contributed by atoms with Crippen LogP contribution in [0.25, 0.3) is 0 Å². The van der Waals surface area contributed by atoms with Crippen molar-refractivity contribution < 1.29 is 9.90 Å². The highest BCUT2D eigenvalue weighted by Gasteiger charge is 2.16. The monoisotopic (exact) mass is 276 g/mol. The first kappa shape index (κ1) is 13.5. The third kappa shape index (κ3) is 3.30. The van der Waals surface area contributed by atoms with Crippen LogP contribution in [0.4, 0.5) is 0 Å². The Morgan fingerprint density at radius 1 is 1.32 bits per heavy atom. The van der Waals surface area contributed by atoms with Crippen molar-refractivity contribution in [3.05, 3.63) is 64.9 Å². The number of halogens is 1. The molecule has 2 rings (SSSR count). The largest absolute Gasteiger partial charge is 0.394 e. The highest BCUT2D eigenvalue weighted by Crippen LogP contribution is 2.16. The second-order valence-corrected chi connectivity index (χ2v) is 4.38. The summed E-state index contributed by atoms with van der Waals surface area (Å²) in [6.45, 7) is -0.182. The van der Waals surface area contributed by atoms with E-state index in [1.54, 1.807) is 0 Å². The molecular formula is C14H13ClN2O2. The first-order valence-electron chi connectivity index (χ1n) is 5.78. The summed E-state index contributed by atoms with van der Waals surface area (Å²) in [5.41, 5.74) is 1.18. The molecule has 0 aliphatic heterocycles. The van der Waals surface area contributed by atoms with Gasteiger partial charge in [0.25, 0.3) is 5.91 Å². The van der Waals surface area contributed by atoms with E-state index in [1.165, 1.54) is 18.5 Å². The number of hydrogen-bond donors (Lipinski definition) is 2. The third-order valence-corrected chi connectivity index (χ3v) is 3.01. The van der Waals surface area contributed by atoms with Crippen LogP contribution in [0.3, 0.4) is 0 Å². The van der Waals surface area contributed by atoms with Crippen molar-refractivity contribution >= 4 is 17.5 Å². The van der Waals surface area contributed by atoms with Crippen LogP contribution in [0.2, 0.25) is 5.02 Å². The molecule has 1 heterocycles. The summed E-state index contributed by atoms with van der Waals surface area (Å²) in [6.07, 6.45) is 2.91. The van der Waals surface area contributed by atoms with Gasteiger partial charge in [0.1, 0.15) is 0 Å². The van der Waals surface area contributed by atoms with E-state index in [0.717, 1.165) is 5.56 Å². The number of aliphatic hydroxyl groups is 1. The maximum Gasteiger partial charge on any atom is 0.253 e. The second kappa shape index (κ2) is 6.31. The Bertz CT molecular complexity index is 560. The molecule has 4 nitrogen and oxygen atoms in total. The minimum absolute atomic E-state index is 0.182. The molecule has 0 aliphatic carbocycles. The van der Waals surface area contributed by atoms with Gasteiger partial charge in [0.2, 0.25) is 0 Å². The fourth-order valence-corrected chi connectivity index (χ4v) is 1.92. The number of nitrogens with zero attached hydrogens (tertiary/aromatic N) is 1. The number of nitrogens with one attached hydrogen (secondary N) is 1. The summed E-state index contributed by atoms with van der Waals surface area (Å²) in [5.74, 6) is -0.338. The molecule has 1 amide bonds. The van der Waals surface area contributed by atoms with Crippen LogP contribution in [0, 0.1) is 0 Å². The fraction of sp³-hybridized carbons (Fsp3) is 0.143. The number of pyridine rings is 1. The Hall–Kier alpha value is -1.91. The Balaban J connectivity index is 2.16. The van der Waals surface area contributed by atoms with Gasteiger partial charge < -0.3 is 10.4 Å². The summed E-state index contributed by atoms with van der Waals surface area (Å²) in [7, 11) is 0. The van der Waals surface area contributed by atoms with Crippen molar-refractivity contribution in [1.82, 2.24) is 10.3 Å². The summed E-state index contributed by atoms with van der Waals surface area (Å²) in [6, 6.07) is 10.3. The molecule has 5 heteroatoms. The SMILES string of the molecule is O=C(NC(CO)c1ccccc1)c1ccncc1Cl. The zero-order valence-corrected chi connectivity index (χ0v) is 10.8. The predicted molar refractivity (Wildman–Crippen MR) is 73.0 cm³/mol. The average Bonchev–Trinajstić information content (AvgIpc) is 2.46. The fourth-order valence-electron chi connectivity index (χ4n) is 1.72. The van der Waals surface area contributed by atoms with Crippen molar-refractivity contribution in [2.75, 3.05) is 6.61 Å². The summed E-state index contributed by atoms with van der Waals surface area (Å²) in [5, 5.41) is 12.4. The van der Waals surface area contributed by atoms with Crippen LogP contribution in [-0.2, 0) is 0 Å². The van der Waals surface area contributed by atoms with Crippen LogP contribution < -0.4 is 5.32 Å². The maximum absolute atomic E-state index is 12.1. The molecule has 0 bridgehead atoms. The molecule has 1 aromatic carbocycles. The van der Waals surface area contributed by atoms with Gasteiger partial charge in [0.05, 0.1) is 23.2 Å². The number of carbonyl (C=O) groups excluding carboxylic acids is 1. The van der Waals surface area contributed by atoms with Gasteiger partial charge in [0, 0.05) is 12.4 Å². The lowest BCUT2D eigenvalue weighted by Crippen LogP contribution is -2.31. The highest BCUT2D eigenvalue weighted by atomic mass is 35.5. The first-order valence-corrected chi connectivity index (χ1v) is 6.16. The van der Waals surface area contributed by atoms with Crippen molar-refractivity contribution in [1.29, 1.82) is 0 Å². The van der Waals surface area contributed by atoms with Gasteiger partial charge in [-0.1, -0.05) is 41.9 Å². The molecule has 2 aromatic rings. The second-order valence-electron chi connectivity index (χ2n) is 3.97. The molecule has 1 aromatic heterocycles. The van der Waals surface area contributed by atoms with Crippen molar-refractivity contribution in [3.63, 3.8) is 0 Å². The number of benzene rings is 1. The predicted octanol–water partition coefficient (Wildman–Crippen LogP) is 2.20. The standard InChI is InChI=1S/C14H13ClN2O2/c15-12-8-16-7-6-11(12)14(19)17-13(9-18)10-4-2-1-3-5-10/h1-8,13,18H,9H2,(H,17,19). The van der Waals surface area contributed by atoms with Gasteiger partial charge in [-0.05, 0) is 11.6 Å². The number of hydrogen-bond acceptors (Lipinski definition) is 3. The van der Waals surface area contributed by atoms with E-state index < -0.39 is 6.04 Å². The summed E-state index contributed by atoms with van der Waals surface area (Å²) >= 11 is 5.91. The van der Waals surface area contributed by atoms with E-state index >= 15 is 0 Å². The summed E-state index contributed by atoms with van der Waals surface area (Å²) in [4.78, 5) is 15.9. The lowest BCUT2D eigenvalue weighted by molar-refractivity contribution is 0.0916. The molecule has 19 heavy (non-hydrogen) atoms. The van der Waals surface area contributed by atoms with Gasteiger partial charge in [-0.3, -0.25) is 9.78 Å². The zero-order valence-electron chi connectivity index (χ0n) is 10.1. The maximum atomic E-state index is 12.1. The Morgan fingerprint density at radius 2 is 2.05 bits per heavy atom. The van der Waals surface area contributed by atoms with Crippen LogP contribution in [0.5, 0.6) is 0 Å². The molecule has 0 radical (unpaired) electrons. The van der Waals surface area contributed by atoms with Crippen molar-refractivity contribution in [3.8, 4) is 0 Å². The molecule has 0 spiro atoms. The number of aliphatic hydroxyl groups excluding tert-OH is 1. The van der Waals surface area contributed by atoms with E-state index in [9.17, 15) is 9.90 Å². The average molecular weight is 277 g/mol. The Morgan fingerprint density at radius 3 is 2.68 bits per heavy atom. The molecule has 1 unspecified atom stereocenters. The van der Waals surface area contributed by atoms with Gasteiger partial charge in [0.15, 0.2) is 0 Å². The van der Waals surface area contributed by atoms with Crippen LogP contribution in [-0.4, -0.2) is 22.6 Å². The highest BCUT2D eigenvalue weighted by molar-refractivity contribution is 6.33. The summed E-state index contributed by atoms with van der Waals surface area (Å²) < 4.78 is 0. The van der Waals surface area contributed by atoms with Gasteiger partial charge in [-0.15, -0.1) is 0 Å². The zero-order chi connectivity index (χ0) is 13.7. The number of carbonyl (C=O) groups is 1. The normalized spacial score (nSPS) is 11.9. The van der Waals surface area contributed by atoms with Gasteiger partial charge in [-0.25, -0.2) is 0 Å². The smallest absolute Gasteiger partial charge is 0.253 e. The molecule has 0 aliphatic rings. The number of rotatable bonds is 4. The van der Waals surface area contributed by atoms with Crippen LogP contribution >= 0.6 is 11.6 Å². The lowest BCUT2D eigenvalue weighted by atomic mass is 10.1. The number of amides is 1. The topological polar surface area (TPSA) is 62.2 Å². The molecule has 0 saturated carbocycles. The third-order valence-electron chi connectivity index (χ3n) is 2.71. The molecule has 1 atom stereocenters. The minimum Gasteiger partial charge on any atom is -0.394 e. The van der Waals surface area contributed by atoms with E-state index in [4.69, 9.17) is 11.6 Å². The van der Waals surface area contributed by atoms with Gasteiger partial charge >= 0.3 is 0 Å². The first-order chi connectivity index (χ1) is 9.22. The molecule has 98 valence electrons. The van der Waals surface area contributed by atoms with E-state index in [-0.39, 0.29) is 17.5 Å². The minimum atomic E-state index is -0.460. The van der Waals surface area contributed by atoms with Gasteiger partial charge in [-0.2, -0.15) is 0 Å². The molecule has 0 fully saturated rings. The quantitative estimate of drug-likeness (QED) is 0.900. The van der Waals surface area contributed by atoms with Crippen LogP contribution in [0.15, 0.2) is 48.8 Å². The van der Waals surface area contributed by atoms with Crippen molar-refractivity contribution in [2.45, 2.75) is 6.04 Å². The van der Waals surface area contributed by atoms with E-state index in [2.05, 4.69) is 10.3 Å². The molecule has 2 N–H and O–H groups in total. The molecule has 0 saturated heterocycles. The number of aromatic nitrogens is 1. The van der Waals surface area contributed by atoms with E-state index in [1.807, 2.05) is 30.3 Å². The molecular weight excluding hydrogens is 264 g/mol. The lowest BCUT2D eigenvalue weighted by Gasteiger charge is -2.17. The van der Waals surface area contributed by atoms with E-state index in [0.29, 0.717) is 5.56 Å². The van der Waals surface area contributed by atoms with Crippen LogP contribution in [0.1, 0.15) is 22.0 Å².